The van der Waals surface area contributed by atoms with Crippen LogP contribution in [0.3, 0.4) is 0 Å². The zero-order valence-electron chi connectivity index (χ0n) is 9.75. The molecule has 0 N–H and O–H groups in total. The summed E-state index contributed by atoms with van der Waals surface area (Å²) in [5.74, 6) is 0.516. The molecule has 0 aliphatic rings. The third-order valence-corrected chi connectivity index (χ3v) is 2.76. The maximum Gasteiger partial charge on any atom is 0.156 e. The lowest BCUT2D eigenvalue weighted by Crippen LogP contribution is -2.19. The summed E-state index contributed by atoms with van der Waals surface area (Å²) in [5.41, 5.74) is 1.37. The highest BCUT2D eigenvalue weighted by atomic mass is 35.5. The summed E-state index contributed by atoms with van der Waals surface area (Å²) in [5, 5.41) is 0.163. The number of pyridine rings is 1. The van der Waals surface area contributed by atoms with E-state index in [0.717, 1.165) is 5.56 Å². The van der Waals surface area contributed by atoms with Crippen molar-refractivity contribution in [3.05, 3.63) is 47.1 Å². The Hall–Kier alpha value is -2.01. The van der Waals surface area contributed by atoms with Crippen LogP contribution in [0.2, 0.25) is 5.15 Å². The molecule has 0 saturated heterocycles. The van der Waals surface area contributed by atoms with E-state index in [4.69, 9.17) is 11.6 Å². The maximum atomic E-state index is 11.0. The van der Waals surface area contributed by atoms with Gasteiger partial charge in [-0.1, -0.05) is 11.6 Å². The lowest BCUT2D eigenvalue weighted by molar-refractivity contribution is 0.112. The van der Waals surface area contributed by atoms with Crippen molar-refractivity contribution < 1.29 is 4.79 Å². The monoisotopic (exact) mass is 262 g/mol. The number of halogens is 1. The Morgan fingerprint density at radius 2 is 2.06 bits per heavy atom. The van der Waals surface area contributed by atoms with Crippen LogP contribution in [0.5, 0.6) is 0 Å². The third kappa shape index (κ3) is 2.62. The Morgan fingerprint density at radius 1 is 1.33 bits per heavy atom. The van der Waals surface area contributed by atoms with Crippen LogP contribution in [0.15, 0.2) is 30.9 Å². The van der Waals surface area contributed by atoms with Gasteiger partial charge in [-0.25, -0.2) is 9.97 Å². The van der Waals surface area contributed by atoms with Crippen LogP contribution >= 0.6 is 11.6 Å². The van der Waals surface area contributed by atoms with E-state index in [0.29, 0.717) is 24.2 Å². The molecule has 6 heteroatoms. The summed E-state index contributed by atoms with van der Waals surface area (Å²) in [6.07, 6.45) is 5.45. The molecule has 18 heavy (non-hydrogen) atoms. The van der Waals surface area contributed by atoms with Gasteiger partial charge in [-0.2, -0.15) is 0 Å². The predicted octanol–water partition coefficient (Wildman–Crippen LogP) is 1.97. The molecular formula is C12H11ClN4O. The molecule has 0 radical (unpaired) electrons. The summed E-state index contributed by atoms with van der Waals surface area (Å²) < 4.78 is 0. The van der Waals surface area contributed by atoms with E-state index in [9.17, 15) is 4.79 Å². The van der Waals surface area contributed by atoms with E-state index in [1.807, 2.05) is 24.1 Å². The molecule has 0 aromatic carbocycles. The van der Waals surface area contributed by atoms with Crippen molar-refractivity contribution in [3.63, 3.8) is 0 Å². The minimum absolute atomic E-state index is 0.163. The van der Waals surface area contributed by atoms with Gasteiger partial charge >= 0.3 is 0 Å². The minimum Gasteiger partial charge on any atom is -0.355 e. The Labute approximate surface area is 109 Å². The van der Waals surface area contributed by atoms with Crippen molar-refractivity contribution in [2.24, 2.45) is 0 Å². The van der Waals surface area contributed by atoms with Crippen molar-refractivity contribution >= 4 is 23.7 Å². The number of hydrogen-bond donors (Lipinski definition) is 0. The standard InChI is InChI=1S/C12H11ClN4O/c1-17(6-9-2-4-14-5-3-9)12-10(7-18)11(13)15-8-16-12/h2-5,7-8H,6H2,1H3. The van der Waals surface area contributed by atoms with Crippen molar-refractivity contribution in [2.75, 3.05) is 11.9 Å². The SMILES string of the molecule is CN(Cc1ccncc1)c1ncnc(Cl)c1C=O. The molecule has 0 unspecified atom stereocenters. The highest BCUT2D eigenvalue weighted by molar-refractivity contribution is 6.32. The van der Waals surface area contributed by atoms with Crippen molar-refractivity contribution in [1.29, 1.82) is 0 Å². The van der Waals surface area contributed by atoms with Crippen LogP contribution in [0.4, 0.5) is 5.82 Å². The van der Waals surface area contributed by atoms with Gasteiger partial charge in [0.15, 0.2) is 6.29 Å². The average Bonchev–Trinajstić information content (AvgIpc) is 2.39. The lowest BCUT2D eigenvalue weighted by Gasteiger charge is -2.19. The van der Waals surface area contributed by atoms with Crippen LogP contribution in [0.1, 0.15) is 15.9 Å². The molecule has 0 aliphatic carbocycles. The van der Waals surface area contributed by atoms with Gasteiger partial charge in [0.2, 0.25) is 0 Å². The molecule has 0 atom stereocenters. The summed E-state index contributed by atoms with van der Waals surface area (Å²) in [6.45, 7) is 0.608. The second-order valence-electron chi connectivity index (χ2n) is 3.73. The highest BCUT2D eigenvalue weighted by Gasteiger charge is 2.13. The first-order valence-electron chi connectivity index (χ1n) is 5.28. The Bertz CT molecular complexity index is 547. The fraction of sp³-hybridized carbons (Fsp3) is 0.167. The van der Waals surface area contributed by atoms with Gasteiger partial charge in [0.25, 0.3) is 0 Å². The number of nitrogens with zero attached hydrogens (tertiary/aromatic N) is 4. The number of carbonyl (C=O) groups excluding carboxylic acids is 1. The molecular weight excluding hydrogens is 252 g/mol. The molecule has 0 aliphatic heterocycles. The summed E-state index contributed by atoms with van der Waals surface area (Å²) in [7, 11) is 1.84. The van der Waals surface area contributed by atoms with E-state index >= 15 is 0 Å². The van der Waals surface area contributed by atoms with Gasteiger partial charge in [-0.3, -0.25) is 9.78 Å². The zero-order valence-corrected chi connectivity index (χ0v) is 10.5. The fourth-order valence-corrected chi connectivity index (χ4v) is 1.78. The van der Waals surface area contributed by atoms with Gasteiger partial charge in [-0.05, 0) is 17.7 Å². The summed E-state index contributed by atoms with van der Waals surface area (Å²) >= 11 is 5.86. The van der Waals surface area contributed by atoms with Gasteiger partial charge in [0.05, 0.1) is 5.56 Å². The first kappa shape index (κ1) is 12.4. The van der Waals surface area contributed by atoms with Gasteiger partial charge in [0, 0.05) is 26.0 Å². The fourth-order valence-electron chi connectivity index (χ4n) is 1.61. The van der Waals surface area contributed by atoms with E-state index < -0.39 is 0 Å². The number of aromatic nitrogens is 3. The molecule has 2 aromatic heterocycles. The quantitative estimate of drug-likeness (QED) is 0.623. The third-order valence-electron chi connectivity index (χ3n) is 2.46. The number of aldehydes is 1. The van der Waals surface area contributed by atoms with Crippen LogP contribution in [-0.4, -0.2) is 28.3 Å². The molecule has 5 nitrogen and oxygen atoms in total. The van der Waals surface area contributed by atoms with Crippen LogP contribution in [0.25, 0.3) is 0 Å². The largest absolute Gasteiger partial charge is 0.355 e. The first-order chi connectivity index (χ1) is 8.72. The first-order valence-corrected chi connectivity index (χ1v) is 5.66. The van der Waals surface area contributed by atoms with Crippen molar-refractivity contribution in [1.82, 2.24) is 15.0 Å². The smallest absolute Gasteiger partial charge is 0.156 e. The summed E-state index contributed by atoms with van der Waals surface area (Å²) in [6, 6.07) is 3.81. The van der Waals surface area contributed by atoms with E-state index in [2.05, 4.69) is 15.0 Å². The number of anilines is 1. The molecule has 0 fully saturated rings. The number of hydrogen-bond acceptors (Lipinski definition) is 5. The molecule has 2 rings (SSSR count). The molecule has 0 bridgehead atoms. The zero-order chi connectivity index (χ0) is 13.0. The second kappa shape index (κ2) is 5.55. The minimum atomic E-state index is 0.163. The Morgan fingerprint density at radius 3 is 2.72 bits per heavy atom. The molecule has 2 heterocycles. The molecule has 92 valence electrons. The number of carbonyl (C=O) groups is 1. The maximum absolute atomic E-state index is 11.0. The summed E-state index contributed by atoms with van der Waals surface area (Å²) in [4.78, 5) is 24.7. The Balaban J connectivity index is 2.26. The topological polar surface area (TPSA) is 59.0 Å². The normalized spacial score (nSPS) is 10.1. The molecule has 2 aromatic rings. The van der Waals surface area contributed by atoms with E-state index in [1.54, 1.807) is 12.4 Å². The van der Waals surface area contributed by atoms with Crippen LogP contribution < -0.4 is 4.90 Å². The van der Waals surface area contributed by atoms with Crippen LogP contribution in [0, 0.1) is 0 Å². The predicted molar refractivity (Wildman–Crippen MR) is 68.8 cm³/mol. The second-order valence-corrected chi connectivity index (χ2v) is 4.09. The molecule has 0 amide bonds. The average molecular weight is 263 g/mol. The highest BCUT2D eigenvalue weighted by Crippen LogP contribution is 2.21. The lowest BCUT2D eigenvalue weighted by atomic mass is 10.2. The van der Waals surface area contributed by atoms with Crippen molar-refractivity contribution in [2.45, 2.75) is 6.54 Å². The van der Waals surface area contributed by atoms with E-state index in [-0.39, 0.29) is 5.15 Å². The number of rotatable bonds is 4. The van der Waals surface area contributed by atoms with Gasteiger partial charge in [0.1, 0.15) is 17.3 Å². The van der Waals surface area contributed by atoms with Crippen molar-refractivity contribution in [3.8, 4) is 0 Å². The van der Waals surface area contributed by atoms with Gasteiger partial charge < -0.3 is 4.90 Å². The Kier molecular flexibility index (Phi) is 3.84. The molecule has 0 saturated carbocycles. The van der Waals surface area contributed by atoms with Gasteiger partial charge in [-0.15, -0.1) is 0 Å². The molecule has 0 spiro atoms. The van der Waals surface area contributed by atoms with Crippen LogP contribution in [-0.2, 0) is 6.54 Å². The van der Waals surface area contributed by atoms with E-state index in [1.165, 1.54) is 6.33 Å².